The van der Waals surface area contributed by atoms with E-state index in [1.807, 2.05) is 0 Å². The van der Waals surface area contributed by atoms with E-state index in [1.54, 1.807) is 30.3 Å². The fraction of sp³-hybridized carbons (Fsp3) is 0.500. The zero-order valence-corrected chi connectivity index (χ0v) is 11.5. The summed E-state index contributed by atoms with van der Waals surface area (Å²) in [7, 11) is 1.33. The van der Waals surface area contributed by atoms with Crippen molar-refractivity contribution in [1.82, 2.24) is 5.32 Å². The topological polar surface area (TPSA) is 108 Å². The van der Waals surface area contributed by atoms with Crippen LogP contribution in [-0.4, -0.2) is 65.6 Å². The second kappa shape index (κ2) is 6.97. The number of hydrogen-bond acceptors (Lipinski definition) is 6. The summed E-state index contributed by atoms with van der Waals surface area (Å²) >= 11 is 0. The van der Waals surface area contributed by atoms with Gasteiger partial charge in [-0.2, -0.15) is 0 Å². The third-order valence-corrected chi connectivity index (χ3v) is 3.45. The van der Waals surface area contributed by atoms with E-state index in [0.29, 0.717) is 5.56 Å². The van der Waals surface area contributed by atoms with Crippen LogP contribution in [0.3, 0.4) is 0 Å². The minimum Gasteiger partial charge on any atom is -0.394 e. The highest BCUT2D eigenvalue weighted by Crippen LogP contribution is 2.22. The zero-order chi connectivity index (χ0) is 15.4. The van der Waals surface area contributed by atoms with E-state index in [4.69, 9.17) is 9.47 Å². The van der Waals surface area contributed by atoms with Crippen molar-refractivity contribution in [2.24, 2.45) is 0 Å². The number of aliphatic hydroxyl groups excluding tert-OH is 3. The van der Waals surface area contributed by atoms with Crippen molar-refractivity contribution in [3.05, 3.63) is 35.9 Å². The van der Waals surface area contributed by atoms with Gasteiger partial charge in [-0.05, 0) is 12.1 Å². The fourth-order valence-corrected chi connectivity index (χ4v) is 2.28. The summed E-state index contributed by atoms with van der Waals surface area (Å²) in [4.78, 5) is 12.1. The number of carbonyl (C=O) groups excluding carboxylic acids is 1. The molecule has 1 aliphatic rings. The van der Waals surface area contributed by atoms with E-state index >= 15 is 0 Å². The number of nitrogens with one attached hydrogen (secondary N) is 1. The Balaban J connectivity index is 2.13. The van der Waals surface area contributed by atoms with Crippen LogP contribution in [0.4, 0.5) is 0 Å². The predicted molar refractivity (Wildman–Crippen MR) is 72.5 cm³/mol. The molecule has 1 saturated heterocycles. The molecule has 1 fully saturated rings. The van der Waals surface area contributed by atoms with Crippen LogP contribution in [0, 0.1) is 0 Å². The average molecular weight is 297 g/mol. The van der Waals surface area contributed by atoms with Crippen molar-refractivity contribution in [1.29, 1.82) is 0 Å². The fourth-order valence-electron chi connectivity index (χ4n) is 2.28. The first-order chi connectivity index (χ1) is 10.1. The number of carbonyl (C=O) groups is 1. The Morgan fingerprint density at radius 2 is 1.95 bits per heavy atom. The lowest BCUT2D eigenvalue weighted by molar-refractivity contribution is -0.270. The summed E-state index contributed by atoms with van der Waals surface area (Å²) in [5.74, 6) is -0.438. The number of hydrogen-bond donors (Lipinski definition) is 4. The minimum absolute atomic E-state index is 0.401. The smallest absolute Gasteiger partial charge is 0.251 e. The second-order valence-electron chi connectivity index (χ2n) is 4.81. The lowest BCUT2D eigenvalue weighted by atomic mass is 9.96. The van der Waals surface area contributed by atoms with Crippen LogP contribution in [0.15, 0.2) is 30.3 Å². The van der Waals surface area contributed by atoms with Crippen LogP contribution in [0.2, 0.25) is 0 Å². The molecule has 7 nitrogen and oxygen atoms in total. The van der Waals surface area contributed by atoms with E-state index < -0.39 is 43.2 Å². The maximum atomic E-state index is 12.1. The van der Waals surface area contributed by atoms with Crippen molar-refractivity contribution in [3.63, 3.8) is 0 Å². The molecule has 0 bridgehead atoms. The van der Waals surface area contributed by atoms with Gasteiger partial charge in [0.25, 0.3) is 5.91 Å². The Bertz CT molecular complexity index is 452. The summed E-state index contributed by atoms with van der Waals surface area (Å²) in [5.41, 5.74) is 0.401. The third kappa shape index (κ3) is 3.39. The van der Waals surface area contributed by atoms with Crippen molar-refractivity contribution in [3.8, 4) is 0 Å². The zero-order valence-electron chi connectivity index (χ0n) is 11.5. The molecule has 1 heterocycles. The van der Waals surface area contributed by atoms with Gasteiger partial charge in [0.2, 0.25) is 0 Å². The number of aliphatic hydroxyl groups is 3. The number of amides is 1. The normalized spacial score (nSPS) is 32.7. The average Bonchev–Trinajstić information content (AvgIpc) is 2.52. The van der Waals surface area contributed by atoms with Crippen LogP contribution in [-0.2, 0) is 9.47 Å². The van der Waals surface area contributed by atoms with Gasteiger partial charge in [0.1, 0.15) is 18.3 Å². The van der Waals surface area contributed by atoms with Gasteiger partial charge in [-0.15, -0.1) is 0 Å². The van der Waals surface area contributed by atoms with Gasteiger partial charge in [0.15, 0.2) is 6.29 Å². The molecule has 7 heteroatoms. The Morgan fingerprint density at radius 3 is 2.52 bits per heavy atom. The first kappa shape index (κ1) is 15.9. The van der Waals surface area contributed by atoms with E-state index in [-0.39, 0.29) is 0 Å². The summed E-state index contributed by atoms with van der Waals surface area (Å²) in [6.45, 7) is -0.453. The highest BCUT2D eigenvalue weighted by atomic mass is 16.7. The number of methoxy groups -OCH3 is 1. The van der Waals surface area contributed by atoms with Crippen molar-refractivity contribution in [2.75, 3.05) is 13.7 Å². The Kier molecular flexibility index (Phi) is 5.27. The van der Waals surface area contributed by atoms with Crippen LogP contribution in [0.25, 0.3) is 0 Å². The Hall–Kier alpha value is -1.51. The molecule has 116 valence electrons. The Morgan fingerprint density at radius 1 is 1.29 bits per heavy atom. The molecule has 21 heavy (non-hydrogen) atoms. The van der Waals surface area contributed by atoms with Crippen molar-refractivity contribution < 1.29 is 29.6 Å². The van der Waals surface area contributed by atoms with Crippen LogP contribution >= 0.6 is 0 Å². The molecule has 1 amide bonds. The van der Waals surface area contributed by atoms with Gasteiger partial charge in [0.05, 0.1) is 12.6 Å². The van der Waals surface area contributed by atoms with Crippen LogP contribution in [0.5, 0.6) is 0 Å². The molecule has 0 aromatic heterocycles. The van der Waals surface area contributed by atoms with Gasteiger partial charge in [-0.1, -0.05) is 18.2 Å². The van der Waals surface area contributed by atoms with Gasteiger partial charge in [-0.3, -0.25) is 4.79 Å². The first-order valence-corrected chi connectivity index (χ1v) is 6.59. The van der Waals surface area contributed by atoms with E-state index in [1.165, 1.54) is 7.11 Å². The standard InChI is InChI=1S/C14H19NO6/c1-20-14-12(18)10(11(17)9(7-16)21-14)15-13(19)8-5-3-2-4-6-8/h2-6,9-12,14,16-18H,7H2,1H3,(H,15,19)/t9-,10-,11-,12+,14+/m1/s1. The highest BCUT2D eigenvalue weighted by molar-refractivity contribution is 5.94. The number of benzene rings is 1. The molecule has 1 aromatic carbocycles. The van der Waals surface area contributed by atoms with Gasteiger partial charge >= 0.3 is 0 Å². The molecule has 1 aromatic rings. The lowest BCUT2D eigenvalue weighted by Crippen LogP contribution is -2.64. The largest absolute Gasteiger partial charge is 0.394 e. The van der Waals surface area contributed by atoms with Crippen molar-refractivity contribution >= 4 is 5.91 Å². The first-order valence-electron chi connectivity index (χ1n) is 6.59. The van der Waals surface area contributed by atoms with E-state index in [2.05, 4.69) is 5.32 Å². The van der Waals surface area contributed by atoms with E-state index in [0.717, 1.165) is 0 Å². The maximum absolute atomic E-state index is 12.1. The molecule has 5 atom stereocenters. The Labute approximate surface area is 122 Å². The minimum atomic E-state index is -1.25. The molecule has 0 saturated carbocycles. The molecule has 2 rings (SSSR count). The summed E-state index contributed by atoms with van der Waals surface area (Å²) in [6, 6.07) is 7.42. The van der Waals surface area contributed by atoms with Crippen LogP contribution < -0.4 is 5.32 Å². The number of ether oxygens (including phenoxy) is 2. The van der Waals surface area contributed by atoms with Crippen molar-refractivity contribution in [2.45, 2.75) is 30.6 Å². The summed E-state index contributed by atoms with van der Waals surface area (Å²) in [5, 5.41) is 31.9. The molecule has 0 radical (unpaired) electrons. The highest BCUT2D eigenvalue weighted by Gasteiger charge is 2.45. The van der Waals surface area contributed by atoms with Gasteiger partial charge in [-0.25, -0.2) is 0 Å². The predicted octanol–water partition coefficient (Wildman–Crippen LogP) is -1.13. The molecule has 0 aliphatic carbocycles. The maximum Gasteiger partial charge on any atom is 0.251 e. The third-order valence-electron chi connectivity index (χ3n) is 3.45. The molecular formula is C14H19NO6. The van der Waals surface area contributed by atoms with Gasteiger partial charge in [0, 0.05) is 12.7 Å². The second-order valence-corrected chi connectivity index (χ2v) is 4.81. The summed E-state index contributed by atoms with van der Waals surface area (Å²) < 4.78 is 10.2. The molecule has 4 N–H and O–H groups in total. The number of rotatable bonds is 4. The molecule has 0 spiro atoms. The molecule has 0 unspecified atom stereocenters. The lowest BCUT2D eigenvalue weighted by Gasteiger charge is -2.41. The van der Waals surface area contributed by atoms with E-state index in [9.17, 15) is 20.1 Å². The monoisotopic (exact) mass is 297 g/mol. The quantitative estimate of drug-likeness (QED) is 0.560. The summed E-state index contributed by atoms with van der Waals surface area (Å²) in [6.07, 6.45) is -4.48. The molecular weight excluding hydrogens is 278 g/mol. The van der Waals surface area contributed by atoms with Gasteiger partial charge < -0.3 is 30.1 Å². The molecule has 1 aliphatic heterocycles. The van der Waals surface area contributed by atoms with Crippen LogP contribution in [0.1, 0.15) is 10.4 Å². The SMILES string of the molecule is CO[C@H]1O[C@H](CO)[C@@H](O)[C@@H](NC(=O)c2ccccc2)[C@@H]1O.